The third kappa shape index (κ3) is 2.80. The second kappa shape index (κ2) is 4.45. The van der Waals surface area contributed by atoms with Crippen LogP contribution in [0.3, 0.4) is 0 Å². The number of carbonyl (C=O) groups is 1. The first-order valence-electron chi connectivity index (χ1n) is 3.86. The molecule has 0 unspecified atom stereocenters. The number of halogens is 1. The highest BCUT2D eigenvalue weighted by molar-refractivity contribution is 6.32. The molecule has 0 bridgehead atoms. The Morgan fingerprint density at radius 2 is 2.07 bits per heavy atom. The topological polar surface area (TPSA) is 105 Å². The second-order valence-corrected chi connectivity index (χ2v) is 3.02. The minimum atomic E-state index is -3.06. The van der Waals surface area contributed by atoms with Gasteiger partial charge in [-0.1, -0.05) is 23.7 Å². The van der Waals surface area contributed by atoms with Crippen LogP contribution in [0.25, 0.3) is 0 Å². The molecule has 5 N–H and O–H groups in total. The molecule has 1 rings (SSSR count). The van der Waals surface area contributed by atoms with E-state index in [1.165, 1.54) is 17.6 Å². The molecule has 82 valence electrons. The lowest BCUT2D eigenvalue weighted by Crippen LogP contribution is -2.53. The van der Waals surface area contributed by atoms with Crippen LogP contribution in [-0.2, 0) is 4.79 Å². The molecule has 1 aromatic carbocycles. The summed E-state index contributed by atoms with van der Waals surface area (Å²) in [6, 6.07) is 6.01. The van der Waals surface area contributed by atoms with Crippen LogP contribution < -0.4 is 16.0 Å². The summed E-state index contributed by atoms with van der Waals surface area (Å²) in [7, 11) is 0. The van der Waals surface area contributed by atoms with Gasteiger partial charge in [0, 0.05) is 0 Å². The number of amides is 1. The Hall–Kier alpha value is -1.34. The number of aliphatic hydroxyl groups is 2. The van der Waals surface area contributed by atoms with Crippen LogP contribution >= 0.6 is 11.6 Å². The minimum absolute atomic E-state index is 0.0484. The quantitative estimate of drug-likeness (QED) is 0.240. The van der Waals surface area contributed by atoms with E-state index >= 15 is 0 Å². The molecule has 0 saturated carbocycles. The largest absolute Gasteiger partial charge is 0.430 e. The highest BCUT2D eigenvalue weighted by atomic mass is 35.5. The fourth-order valence-electron chi connectivity index (χ4n) is 0.821. The molecule has 0 aliphatic carbocycles. The average Bonchev–Trinajstić information content (AvgIpc) is 2.20. The Bertz CT molecular complexity index is 369. The first-order chi connectivity index (χ1) is 6.97. The lowest BCUT2D eigenvalue weighted by molar-refractivity contribution is -0.272. The maximum atomic E-state index is 10.8. The van der Waals surface area contributed by atoms with Gasteiger partial charge in [0.05, 0.1) is 5.02 Å². The molecule has 0 saturated heterocycles. The average molecular weight is 233 g/mol. The first-order valence-corrected chi connectivity index (χ1v) is 4.24. The van der Waals surface area contributed by atoms with Gasteiger partial charge in [0.25, 0.3) is 0 Å². The number of carbonyl (C=O) groups excluding carboxylic acids is 1. The summed E-state index contributed by atoms with van der Waals surface area (Å²) >= 11 is 5.67. The molecule has 0 aliphatic rings. The van der Waals surface area contributed by atoms with Crippen LogP contribution in [0.1, 0.15) is 0 Å². The van der Waals surface area contributed by atoms with Crippen LogP contribution in [0.15, 0.2) is 24.3 Å². The molecule has 0 heterocycles. The molecule has 1 amide bonds. The van der Waals surface area contributed by atoms with Gasteiger partial charge < -0.3 is 14.9 Å². The van der Waals surface area contributed by atoms with Crippen molar-refractivity contribution in [1.82, 2.24) is 5.43 Å². The minimum Gasteiger partial charge on any atom is -0.430 e. The van der Waals surface area contributed by atoms with Gasteiger partial charge in [0.1, 0.15) is 5.75 Å². The molecule has 6 nitrogen and oxygen atoms in total. The molecule has 0 aromatic heterocycles. The molecule has 15 heavy (non-hydrogen) atoms. The Morgan fingerprint density at radius 3 is 2.60 bits per heavy atom. The fourth-order valence-corrected chi connectivity index (χ4v) is 0.996. The van der Waals surface area contributed by atoms with Crippen LogP contribution in [0, 0.1) is 0 Å². The maximum absolute atomic E-state index is 10.8. The molecule has 1 aromatic rings. The fraction of sp³-hybridized carbons (Fsp3) is 0.125. The molecular weight excluding hydrogens is 224 g/mol. The summed E-state index contributed by atoms with van der Waals surface area (Å²) in [4.78, 5) is 10.8. The number of hydrazine groups is 1. The van der Waals surface area contributed by atoms with Gasteiger partial charge in [-0.15, -0.1) is 0 Å². The predicted octanol–water partition coefficient (Wildman–Crippen LogP) is -0.653. The van der Waals surface area contributed by atoms with Crippen molar-refractivity contribution in [2.75, 3.05) is 0 Å². The van der Waals surface area contributed by atoms with E-state index in [4.69, 9.17) is 27.7 Å². The van der Waals surface area contributed by atoms with Crippen molar-refractivity contribution in [1.29, 1.82) is 0 Å². The molecule has 0 spiro atoms. The Balaban J connectivity index is 2.86. The smallest absolute Gasteiger partial charge is 0.408 e. The van der Waals surface area contributed by atoms with Crippen LogP contribution in [0.4, 0.5) is 0 Å². The van der Waals surface area contributed by atoms with E-state index in [9.17, 15) is 4.79 Å². The SMILES string of the molecule is NNC(=O)C(O)(O)Oc1ccccc1Cl. The third-order valence-corrected chi connectivity index (χ3v) is 1.83. The van der Waals surface area contributed by atoms with Crippen molar-refractivity contribution >= 4 is 17.5 Å². The molecule has 0 radical (unpaired) electrons. The number of nitrogens with two attached hydrogens (primary N) is 1. The van der Waals surface area contributed by atoms with Crippen LogP contribution in [0.5, 0.6) is 5.75 Å². The van der Waals surface area contributed by atoms with Crippen molar-refractivity contribution in [3.8, 4) is 5.75 Å². The number of hydrogen-bond donors (Lipinski definition) is 4. The van der Waals surface area contributed by atoms with Crippen molar-refractivity contribution in [2.45, 2.75) is 5.97 Å². The van der Waals surface area contributed by atoms with Crippen molar-refractivity contribution in [2.24, 2.45) is 5.84 Å². The summed E-state index contributed by atoms with van der Waals surface area (Å²) in [6.45, 7) is 0. The monoisotopic (exact) mass is 232 g/mol. The Labute approximate surface area is 90.2 Å². The van der Waals surface area contributed by atoms with E-state index in [0.29, 0.717) is 0 Å². The summed E-state index contributed by atoms with van der Waals surface area (Å²) in [5.74, 6) is 0.310. The van der Waals surface area contributed by atoms with Gasteiger partial charge in [-0.2, -0.15) is 0 Å². The lowest BCUT2D eigenvalue weighted by atomic mass is 10.3. The normalized spacial score (nSPS) is 10.9. The van der Waals surface area contributed by atoms with E-state index in [0.717, 1.165) is 0 Å². The summed E-state index contributed by atoms with van der Waals surface area (Å²) < 4.78 is 4.57. The number of para-hydroxylation sites is 1. The van der Waals surface area contributed by atoms with E-state index < -0.39 is 11.9 Å². The molecule has 7 heteroatoms. The number of ether oxygens (including phenoxy) is 1. The van der Waals surface area contributed by atoms with Gasteiger partial charge >= 0.3 is 11.9 Å². The summed E-state index contributed by atoms with van der Waals surface area (Å²) in [5, 5.41) is 18.4. The molecular formula is C8H9ClN2O4. The van der Waals surface area contributed by atoms with Gasteiger partial charge in [0.2, 0.25) is 0 Å². The predicted molar refractivity (Wildman–Crippen MR) is 51.6 cm³/mol. The number of nitrogens with one attached hydrogen (secondary N) is 1. The van der Waals surface area contributed by atoms with Gasteiger partial charge in [-0.3, -0.25) is 10.2 Å². The van der Waals surface area contributed by atoms with E-state index in [1.807, 2.05) is 0 Å². The zero-order valence-corrected chi connectivity index (χ0v) is 8.23. The van der Waals surface area contributed by atoms with E-state index in [1.54, 1.807) is 12.1 Å². The Kier molecular flexibility index (Phi) is 3.48. The molecule has 0 fully saturated rings. The van der Waals surface area contributed by atoms with Crippen molar-refractivity contribution in [3.63, 3.8) is 0 Å². The van der Waals surface area contributed by atoms with Crippen molar-refractivity contribution < 1.29 is 19.7 Å². The maximum Gasteiger partial charge on any atom is 0.408 e. The highest BCUT2D eigenvalue weighted by Crippen LogP contribution is 2.25. The summed E-state index contributed by atoms with van der Waals surface area (Å²) in [5.41, 5.74) is 1.54. The number of rotatable bonds is 3. The van der Waals surface area contributed by atoms with Crippen molar-refractivity contribution in [3.05, 3.63) is 29.3 Å². The standard InChI is InChI=1S/C8H9ClN2O4/c9-5-3-1-2-4-6(5)15-8(13,14)7(12)11-10/h1-4,13-14H,10H2,(H,11,12). The Morgan fingerprint density at radius 1 is 1.47 bits per heavy atom. The summed E-state index contributed by atoms with van der Waals surface area (Å²) in [6.07, 6.45) is 0. The lowest BCUT2D eigenvalue weighted by Gasteiger charge is -2.20. The number of hydrogen-bond acceptors (Lipinski definition) is 5. The van der Waals surface area contributed by atoms with Crippen LogP contribution in [0.2, 0.25) is 5.02 Å². The van der Waals surface area contributed by atoms with Gasteiger partial charge in [0.15, 0.2) is 0 Å². The third-order valence-electron chi connectivity index (χ3n) is 1.52. The van der Waals surface area contributed by atoms with Gasteiger partial charge in [-0.25, -0.2) is 5.84 Å². The van der Waals surface area contributed by atoms with Gasteiger partial charge in [-0.05, 0) is 12.1 Å². The zero-order valence-electron chi connectivity index (χ0n) is 7.48. The first kappa shape index (κ1) is 11.7. The number of benzene rings is 1. The zero-order chi connectivity index (χ0) is 11.5. The highest BCUT2D eigenvalue weighted by Gasteiger charge is 2.36. The van der Waals surface area contributed by atoms with E-state index in [-0.39, 0.29) is 10.8 Å². The van der Waals surface area contributed by atoms with Crippen LogP contribution in [-0.4, -0.2) is 22.1 Å². The van der Waals surface area contributed by atoms with E-state index in [2.05, 4.69) is 4.74 Å². The molecule has 0 aliphatic heterocycles. The second-order valence-electron chi connectivity index (χ2n) is 2.61. The molecule has 0 atom stereocenters.